The summed E-state index contributed by atoms with van der Waals surface area (Å²) in [5.74, 6) is -1.81. The Morgan fingerprint density at radius 2 is 1.91 bits per heavy atom. The van der Waals surface area contributed by atoms with Crippen LogP contribution in [0.1, 0.15) is 29.7 Å². The van der Waals surface area contributed by atoms with E-state index in [9.17, 15) is 18.0 Å². The number of fused-ring (bicyclic) bond motifs is 1. The molecule has 3 N–H and O–H groups in total. The summed E-state index contributed by atoms with van der Waals surface area (Å²) in [6.45, 7) is 1.84. The number of carboxylic acids is 1. The molecule has 0 spiro atoms. The lowest BCUT2D eigenvalue weighted by atomic mass is 10.1. The molecule has 0 bridgehead atoms. The summed E-state index contributed by atoms with van der Waals surface area (Å²) in [5.41, 5.74) is 3.22. The molecule has 2 amide bonds. The molecule has 1 aliphatic heterocycles. The van der Waals surface area contributed by atoms with Crippen molar-refractivity contribution in [2.24, 2.45) is 0 Å². The summed E-state index contributed by atoms with van der Waals surface area (Å²) in [5, 5.41) is 13.6. The van der Waals surface area contributed by atoms with Crippen LogP contribution in [0.2, 0.25) is 0 Å². The van der Waals surface area contributed by atoms with Crippen molar-refractivity contribution < 1.29 is 27.9 Å². The standard InChI is InChI=1S/C18H22N6O.C2HF3O2/c25-18(20-11-13-2-1-7-19-10-13)24-8-5-15-16(6-9-24)21-12-22-17(15)23-14-3-4-14;3-2(4,5)1(6)7/h1-2,7,10,12,14H,3-6,8-9,11H2,(H,20,25)(H,21,22,23);(H,6,7). The highest BCUT2D eigenvalue weighted by Crippen LogP contribution is 2.27. The first-order chi connectivity index (χ1) is 15.2. The molecule has 3 heterocycles. The molecule has 1 aliphatic carbocycles. The molecule has 2 aromatic heterocycles. The van der Waals surface area contributed by atoms with Crippen molar-refractivity contribution in [3.05, 3.63) is 47.7 Å². The largest absolute Gasteiger partial charge is 0.490 e. The van der Waals surface area contributed by atoms with Crippen molar-refractivity contribution >= 4 is 17.8 Å². The van der Waals surface area contributed by atoms with E-state index in [2.05, 4.69) is 25.6 Å². The van der Waals surface area contributed by atoms with Crippen LogP contribution in [-0.2, 0) is 24.2 Å². The van der Waals surface area contributed by atoms with Gasteiger partial charge in [0, 0.05) is 50.1 Å². The number of amides is 2. The summed E-state index contributed by atoms with van der Waals surface area (Å²) in [4.78, 5) is 36.2. The van der Waals surface area contributed by atoms with Crippen LogP contribution in [0.15, 0.2) is 30.9 Å². The molecule has 0 atom stereocenters. The predicted octanol–water partition coefficient (Wildman–Crippen LogP) is 2.39. The van der Waals surface area contributed by atoms with Crippen molar-refractivity contribution in [3.8, 4) is 0 Å². The van der Waals surface area contributed by atoms with Gasteiger partial charge < -0.3 is 20.6 Å². The van der Waals surface area contributed by atoms with E-state index in [1.807, 2.05) is 17.0 Å². The molecule has 32 heavy (non-hydrogen) atoms. The zero-order valence-electron chi connectivity index (χ0n) is 17.1. The van der Waals surface area contributed by atoms with Gasteiger partial charge in [-0.2, -0.15) is 13.2 Å². The number of urea groups is 1. The van der Waals surface area contributed by atoms with Crippen LogP contribution in [-0.4, -0.2) is 62.3 Å². The van der Waals surface area contributed by atoms with Crippen LogP contribution < -0.4 is 10.6 Å². The quantitative estimate of drug-likeness (QED) is 0.652. The summed E-state index contributed by atoms with van der Waals surface area (Å²) in [6.07, 6.45) is 4.00. The molecule has 0 unspecified atom stereocenters. The third kappa shape index (κ3) is 6.79. The van der Waals surface area contributed by atoms with Gasteiger partial charge in [-0.25, -0.2) is 19.6 Å². The highest BCUT2D eigenvalue weighted by molar-refractivity contribution is 5.74. The Hall–Kier alpha value is -3.44. The van der Waals surface area contributed by atoms with E-state index in [1.54, 1.807) is 18.7 Å². The van der Waals surface area contributed by atoms with Crippen LogP contribution >= 0.6 is 0 Å². The third-order valence-electron chi connectivity index (χ3n) is 4.90. The normalized spacial score (nSPS) is 15.5. The minimum absolute atomic E-state index is 0.0404. The highest BCUT2D eigenvalue weighted by Gasteiger charge is 2.38. The Balaban J connectivity index is 0.000000360. The Kier molecular flexibility index (Phi) is 7.44. The van der Waals surface area contributed by atoms with Gasteiger partial charge in [0.05, 0.1) is 5.69 Å². The molecule has 2 aromatic rings. The molecule has 9 nitrogen and oxygen atoms in total. The number of aromatic nitrogens is 3. The molecule has 0 saturated heterocycles. The second-order valence-corrected chi connectivity index (χ2v) is 7.38. The molecule has 1 fully saturated rings. The molecule has 2 aliphatic rings. The van der Waals surface area contributed by atoms with Crippen molar-refractivity contribution in [1.29, 1.82) is 0 Å². The SMILES string of the molecule is O=C(NCc1cccnc1)N1CCc2ncnc(NC3CC3)c2CC1.O=C(O)C(F)(F)F. The number of anilines is 1. The lowest BCUT2D eigenvalue weighted by molar-refractivity contribution is -0.192. The monoisotopic (exact) mass is 452 g/mol. The van der Waals surface area contributed by atoms with Crippen molar-refractivity contribution in [2.75, 3.05) is 18.4 Å². The van der Waals surface area contributed by atoms with E-state index < -0.39 is 12.1 Å². The van der Waals surface area contributed by atoms with E-state index in [1.165, 1.54) is 12.8 Å². The topological polar surface area (TPSA) is 120 Å². The minimum Gasteiger partial charge on any atom is -0.475 e. The maximum absolute atomic E-state index is 12.5. The van der Waals surface area contributed by atoms with E-state index in [0.717, 1.165) is 35.5 Å². The number of aliphatic carboxylic acids is 1. The van der Waals surface area contributed by atoms with Gasteiger partial charge in [0.25, 0.3) is 0 Å². The zero-order valence-corrected chi connectivity index (χ0v) is 17.1. The predicted molar refractivity (Wildman–Crippen MR) is 108 cm³/mol. The molecule has 1 saturated carbocycles. The Labute approximate surface area is 182 Å². The van der Waals surface area contributed by atoms with Crippen molar-refractivity contribution in [3.63, 3.8) is 0 Å². The lowest BCUT2D eigenvalue weighted by Gasteiger charge is -2.20. The first-order valence-corrected chi connectivity index (χ1v) is 10.0. The smallest absolute Gasteiger partial charge is 0.475 e. The van der Waals surface area contributed by atoms with E-state index in [0.29, 0.717) is 25.7 Å². The molecule has 12 heteroatoms. The van der Waals surface area contributed by atoms with Gasteiger partial charge in [-0.1, -0.05) is 6.07 Å². The van der Waals surface area contributed by atoms with Gasteiger partial charge in [-0.15, -0.1) is 0 Å². The number of carboxylic acid groups (broad SMARTS) is 1. The molecule has 172 valence electrons. The van der Waals surface area contributed by atoms with Crippen LogP contribution in [0.3, 0.4) is 0 Å². The minimum atomic E-state index is -5.08. The number of nitrogens with zero attached hydrogens (tertiary/aromatic N) is 4. The first-order valence-electron chi connectivity index (χ1n) is 10.0. The molecular formula is C20H23F3N6O3. The molecule has 4 rings (SSSR count). The van der Waals surface area contributed by atoms with Crippen molar-refractivity contribution in [2.45, 2.75) is 44.4 Å². The van der Waals surface area contributed by atoms with E-state index in [-0.39, 0.29) is 6.03 Å². The number of carbonyl (C=O) groups excluding carboxylic acids is 1. The maximum atomic E-state index is 12.5. The van der Waals surface area contributed by atoms with Gasteiger partial charge in [0.1, 0.15) is 12.1 Å². The first kappa shape index (κ1) is 23.2. The van der Waals surface area contributed by atoms with Crippen LogP contribution in [0.5, 0.6) is 0 Å². The number of rotatable bonds is 4. The number of pyridine rings is 1. The van der Waals surface area contributed by atoms with Gasteiger partial charge in [0.15, 0.2) is 0 Å². The van der Waals surface area contributed by atoms with Crippen LogP contribution in [0, 0.1) is 0 Å². The Morgan fingerprint density at radius 3 is 2.53 bits per heavy atom. The summed E-state index contributed by atoms with van der Waals surface area (Å²) in [7, 11) is 0. The van der Waals surface area contributed by atoms with Gasteiger partial charge in [-0.3, -0.25) is 4.98 Å². The van der Waals surface area contributed by atoms with Crippen LogP contribution in [0.4, 0.5) is 23.8 Å². The fraction of sp³-hybridized carbons (Fsp3) is 0.450. The fourth-order valence-corrected chi connectivity index (χ4v) is 3.07. The number of hydrogen-bond donors (Lipinski definition) is 3. The molecular weight excluding hydrogens is 429 g/mol. The second kappa shape index (κ2) is 10.2. The molecule has 0 aromatic carbocycles. The summed E-state index contributed by atoms with van der Waals surface area (Å²) < 4.78 is 31.7. The summed E-state index contributed by atoms with van der Waals surface area (Å²) >= 11 is 0. The highest BCUT2D eigenvalue weighted by atomic mass is 19.4. The average molecular weight is 452 g/mol. The molecule has 0 radical (unpaired) electrons. The van der Waals surface area contributed by atoms with Gasteiger partial charge in [-0.05, 0) is 30.9 Å². The lowest BCUT2D eigenvalue weighted by Crippen LogP contribution is -2.41. The third-order valence-corrected chi connectivity index (χ3v) is 4.90. The van der Waals surface area contributed by atoms with E-state index in [4.69, 9.17) is 9.90 Å². The number of halogens is 3. The van der Waals surface area contributed by atoms with Gasteiger partial charge >= 0.3 is 18.2 Å². The fourth-order valence-electron chi connectivity index (χ4n) is 3.07. The summed E-state index contributed by atoms with van der Waals surface area (Å²) in [6, 6.07) is 4.34. The van der Waals surface area contributed by atoms with Crippen molar-refractivity contribution in [1.82, 2.24) is 25.2 Å². The zero-order chi connectivity index (χ0) is 23.1. The van der Waals surface area contributed by atoms with Crippen LogP contribution in [0.25, 0.3) is 0 Å². The van der Waals surface area contributed by atoms with Gasteiger partial charge in [0.2, 0.25) is 0 Å². The average Bonchev–Trinajstić information content (AvgIpc) is 3.59. The number of hydrogen-bond acceptors (Lipinski definition) is 6. The second-order valence-electron chi connectivity index (χ2n) is 7.38. The number of carbonyl (C=O) groups is 2. The maximum Gasteiger partial charge on any atom is 0.490 e. The van der Waals surface area contributed by atoms with E-state index >= 15 is 0 Å². The Morgan fingerprint density at radius 1 is 1.19 bits per heavy atom. The number of alkyl halides is 3. The Bertz CT molecular complexity index is 938. The number of nitrogens with one attached hydrogen (secondary N) is 2.